The van der Waals surface area contributed by atoms with Crippen molar-refractivity contribution in [2.24, 2.45) is 5.73 Å². The van der Waals surface area contributed by atoms with Gasteiger partial charge < -0.3 is 21.1 Å². The van der Waals surface area contributed by atoms with E-state index in [1.54, 1.807) is 19.1 Å². The van der Waals surface area contributed by atoms with Crippen molar-refractivity contribution in [2.75, 3.05) is 0 Å². The molecular formula is C11H15NO4. The van der Waals surface area contributed by atoms with Gasteiger partial charge in [0.25, 0.3) is 0 Å². The lowest BCUT2D eigenvalue weighted by atomic mass is 9.97. The van der Waals surface area contributed by atoms with Crippen molar-refractivity contribution in [3.8, 4) is 5.75 Å². The molecule has 1 aromatic carbocycles. The highest BCUT2D eigenvalue weighted by Crippen LogP contribution is 2.27. The number of nitrogens with two attached hydrogens (primary N) is 1. The number of benzene rings is 1. The van der Waals surface area contributed by atoms with Crippen LogP contribution in [0, 0.1) is 6.92 Å². The first-order valence-electron chi connectivity index (χ1n) is 4.86. The van der Waals surface area contributed by atoms with Gasteiger partial charge in [-0.3, -0.25) is 4.79 Å². The molecule has 1 rings (SSSR count). The van der Waals surface area contributed by atoms with Crippen LogP contribution in [0.3, 0.4) is 0 Å². The molecule has 1 amide bonds. The predicted molar refractivity (Wildman–Crippen MR) is 57.6 cm³/mol. The molecule has 0 aromatic heterocycles. The summed E-state index contributed by atoms with van der Waals surface area (Å²) in [7, 11) is 0. The van der Waals surface area contributed by atoms with E-state index in [4.69, 9.17) is 5.73 Å². The van der Waals surface area contributed by atoms with Gasteiger partial charge in [0.1, 0.15) is 11.9 Å². The first kappa shape index (κ1) is 12.5. The summed E-state index contributed by atoms with van der Waals surface area (Å²) >= 11 is 0. The molecule has 88 valence electrons. The highest BCUT2D eigenvalue weighted by atomic mass is 16.3. The summed E-state index contributed by atoms with van der Waals surface area (Å²) in [6.07, 6.45) is -2.83. The standard InChI is InChI=1S/C11H15NO4/c1-6-7(3-2-4-8(6)13)11(16)9(14)5-10(12)15/h2-4,9,11,13-14,16H,5H2,1H3,(H2,12,15). The fourth-order valence-corrected chi connectivity index (χ4v) is 1.49. The third-order valence-electron chi connectivity index (χ3n) is 2.44. The van der Waals surface area contributed by atoms with Crippen LogP contribution in [0.15, 0.2) is 18.2 Å². The smallest absolute Gasteiger partial charge is 0.220 e. The number of carbonyl (C=O) groups is 1. The predicted octanol–water partition coefficient (Wildman–Crippen LogP) is -0.0297. The quantitative estimate of drug-likeness (QED) is 0.577. The van der Waals surface area contributed by atoms with E-state index in [0.29, 0.717) is 11.1 Å². The number of phenolic OH excluding ortho intramolecular Hbond substituents is 1. The molecule has 0 spiro atoms. The number of hydrogen-bond acceptors (Lipinski definition) is 4. The van der Waals surface area contributed by atoms with Crippen molar-refractivity contribution >= 4 is 5.91 Å². The molecule has 16 heavy (non-hydrogen) atoms. The van der Waals surface area contributed by atoms with E-state index in [2.05, 4.69) is 0 Å². The monoisotopic (exact) mass is 225 g/mol. The number of hydrogen-bond donors (Lipinski definition) is 4. The van der Waals surface area contributed by atoms with Crippen molar-refractivity contribution in [2.45, 2.75) is 25.6 Å². The Morgan fingerprint density at radius 2 is 2.06 bits per heavy atom. The molecule has 2 atom stereocenters. The average Bonchev–Trinajstić information content (AvgIpc) is 2.20. The molecule has 0 aliphatic heterocycles. The van der Waals surface area contributed by atoms with Crippen molar-refractivity contribution in [3.05, 3.63) is 29.3 Å². The van der Waals surface area contributed by atoms with Gasteiger partial charge in [0.15, 0.2) is 0 Å². The Kier molecular flexibility index (Phi) is 3.87. The van der Waals surface area contributed by atoms with E-state index in [1.807, 2.05) is 0 Å². The molecule has 1 aromatic rings. The summed E-state index contributed by atoms with van der Waals surface area (Å²) in [5.74, 6) is -0.660. The fourth-order valence-electron chi connectivity index (χ4n) is 1.49. The van der Waals surface area contributed by atoms with Gasteiger partial charge in [-0.05, 0) is 24.1 Å². The Morgan fingerprint density at radius 3 is 2.62 bits per heavy atom. The minimum Gasteiger partial charge on any atom is -0.508 e. The molecule has 0 saturated carbocycles. The molecule has 0 aliphatic rings. The fraction of sp³-hybridized carbons (Fsp3) is 0.364. The molecular weight excluding hydrogens is 210 g/mol. The third-order valence-corrected chi connectivity index (χ3v) is 2.44. The van der Waals surface area contributed by atoms with Crippen LogP contribution in [0.25, 0.3) is 0 Å². The van der Waals surface area contributed by atoms with Crippen molar-refractivity contribution in [1.82, 2.24) is 0 Å². The van der Waals surface area contributed by atoms with Crippen molar-refractivity contribution < 1.29 is 20.1 Å². The maximum Gasteiger partial charge on any atom is 0.220 e. The van der Waals surface area contributed by atoms with Gasteiger partial charge in [0.2, 0.25) is 5.91 Å². The number of rotatable bonds is 4. The Hall–Kier alpha value is -1.59. The largest absolute Gasteiger partial charge is 0.508 e. The number of carbonyl (C=O) groups excluding carboxylic acids is 1. The lowest BCUT2D eigenvalue weighted by molar-refractivity contribution is -0.121. The van der Waals surface area contributed by atoms with Crippen LogP contribution in [-0.4, -0.2) is 27.3 Å². The van der Waals surface area contributed by atoms with E-state index in [1.165, 1.54) is 6.07 Å². The Balaban J connectivity index is 2.91. The normalized spacial score (nSPS) is 14.4. The van der Waals surface area contributed by atoms with Crippen LogP contribution >= 0.6 is 0 Å². The lowest BCUT2D eigenvalue weighted by Gasteiger charge is -2.19. The summed E-state index contributed by atoms with van der Waals surface area (Å²) in [6.45, 7) is 1.62. The van der Waals surface area contributed by atoms with E-state index < -0.39 is 18.1 Å². The second-order valence-corrected chi connectivity index (χ2v) is 3.67. The van der Waals surface area contributed by atoms with E-state index in [0.717, 1.165) is 0 Å². The molecule has 2 unspecified atom stereocenters. The zero-order valence-electron chi connectivity index (χ0n) is 8.92. The molecule has 0 bridgehead atoms. The maximum atomic E-state index is 10.6. The van der Waals surface area contributed by atoms with Crippen LogP contribution in [0.5, 0.6) is 5.75 Å². The van der Waals surface area contributed by atoms with Crippen molar-refractivity contribution in [1.29, 1.82) is 0 Å². The molecule has 0 heterocycles. The summed E-state index contributed by atoms with van der Waals surface area (Å²) in [4.78, 5) is 10.6. The lowest BCUT2D eigenvalue weighted by Crippen LogP contribution is -2.26. The molecule has 5 N–H and O–H groups in total. The molecule has 5 nitrogen and oxygen atoms in total. The Labute approximate surface area is 93.1 Å². The van der Waals surface area contributed by atoms with Gasteiger partial charge in [0.05, 0.1) is 12.5 Å². The van der Waals surface area contributed by atoms with Crippen LogP contribution in [-0.2, 0) is 4.79 Å². The molecule has 0 aliphatic carbocycles. The number of aromatic hydroxyl groups is 1. The van der Waals surface area contributed by atoms with Crippen LogP contribution in [0.2, 0.25) is 0 Å². The number of aliphatic hydroxyl groups is 2. The average molecular weight is 225 g/mol. The van der Waals surface area contributed by atoms with Gasteiger partial charge in [0, 0.05) is 0 Å². The van der Waals surface area contributed by atoms with Gasteiger partial charge in [-0.15, -0.1) is 0 Å². The molecule has 0 radical (unpaired) electrons. The minimum absolute atomic E-state index is 0.0304. The highest BCUT2D eigenvalue weighted by molar-refractivity contribution is 5.74. The van der Waals surface area contributed by atoms with Gasteiger partial charge >= 0.3 is 0 Å². The second kappa shape index (κ2) is 4.96. The van der Waals surface area contributed by atoms with E-state index in [-0.39, 0.29) is 12.2 Å². The second-order valence-electron chi connectivity index (χ2n) is 3.67. The maximum absolute atomic E-state index is 10.6. The van der Waals surface area contributed by atoms with Crippen LogP contribution < -0.4 is 5.73 Å². The van der Waals surface area contributed by atoms with Crippen molar-refractivity contribution in [3.63, 3.8) is 0 Å². The molecule has 0 saturated heterocycles. The first-order chi connectivity index (χ1) is 7.43. The topological polar surface area (TPSA) is 104 Å². The van der Waals surface area contributed by atoms with Crippen LogP contribution in [0.4, 0.5) is 0 Å². The molecule has 0 fully saturated rings. The van der Waals surface area contributed by atoms with Gasteiger partial charge in [-0.25, -0.2) is 0 Å². The summed E-state index contributed by atoms with van der Waals surface area (Å²) in [5.41, 5.74) is 5.77. The van der Waals surface area contributed by atoms with E-state index in [9.17, 15) is 20.1 Å². The number of phenols is 1. The summed E-state index contributed by atoms with van der Waals surface area (Å²) in [5, 5.41) is 28.7. The summed E-state index contributed by atoms with van der Waals surface area (Å²) < 4.78 is 0. The Morgan fingerprint density at radius 1 is 1.44 bits per heavy atom. The first-order valence-corrected chi connectivity index (χ1v) is 4.86. The van der Waals surface area contributed by atoms with Gasteiger partial charge in [-0.2, -0.15) is 0 Å². The third kappa shape index (κ3) is 2.71. The number of amides is 1. The van der Waals surface area contributed by atoms with Gasteiger partial charge in [-0.1, -0.05) is 12.1 Å². The SMILES string of the molecule is Cc1c(O)cccc1C(O)C(O)CC(N)=O. The van der Waals surface area contributed by atoms with Crippen LogP contribution in [0.1, 0.15) is 23.7 Å². The minimum atomic E-state index is -1.27. The number of primary amides is 1. The summed E-state index contributed by atoms with van der Waals surface area (Å²) in [6, 6.07) is 4.60. The Bertz CT molecular complexity index is 392. The highest BCUT2D eigenvalue weighted by Gasteiger charge is 2.22. The number of aliphatic hydroxyl groups excluding tert-OH is 2. The molecule has 5 heteroatoms. The zero-order valence-corrected chi connectivity index (χ0v) is 8.92. The van der Waals surface area contributed by atoms with E-state index >= 15 is 0 Å². The zero-order chi connectivity index (χ0) is 12.3.